The average Bonchev–Trinajstić information content (AvgIpc) is 2.36. The van der Waals surface area contributed by atoms with Gasteiger partial charge in [0.25, 0.3) is 0 Å². The van der Waals surface area contributed by atoms with E-state index in [1.807, 2.05) is 38.1 Å². The molecular formula is C13H15N3OS. The van der Waals surface area contributed by atoms with E-state index >= 15 is 0 Å². The molecular weight excluding hydrogens is 246 g/mol. The highest BCUT2D eigenvalue weighted by atomic mass is 32.2. The van der Waals surface area contributed by atoms with Crippen molar-refractivity contribution in [3.8, 4) is 0 Å². The van der Waals surface area contributed by atoms with Crippen molar-refractivity contribution >= 4 is 28.7 Å². The Kier molecular flexibility index (Phi) is 4.15. The maximum absolute atomic E-state index is 11.4. The summed E-state index contributed by atoms with van der Waals surface area (Å²) in [5.41, 5.74) is 2.61. The van der Waals surface area contributed by atoms with Gasteiger partial charge >= 0.3 is 0 Å². The highest BCUT2D eigenvalue weighted by Crippen LogP contribution is 2.21. The molecule has 1 heterocycles. The molecule has 0 unspecified atom stereocenters. The fraction of sp³-hybridized carbons (Fsp3) is 0.308. The molecule has 1 aromatic carbocycles. The zero-order valence-electron chi connectivity index (χ0n) is 10.4. The third-order valence-electron chi connectivity index (χ3n) is 2.42. The molecule has 0 aliphatic carbocycles. The molecule has 5 heteroatoms. The topological polar surface area (TPSA) is 54.9 Å². The number of aromatic nitrogens is 2. The number of amides is 1. The van der Waals surface area contributed by atoms with Gasteiger partial charge in [-0.1, -0.05) is 23.9 Å². The van der Waals surface area contributed by atoms with Crippen LogP contribution in [0.2, 0.25) is 0 Å². The molecule has 0 radical (unpaired) electrons. The average molecular weight is 261 g/mol. The van der Waals surface area contributed by atoms with Crippen molar-refractivity contribution in [3.05, 3.63) is 30.0 Å². The van der Waals surface area contributed by atoms with Gasteiger partial charge in [-0.2, -0.15) is 0 Å². The fourth-order valence-electron chi connectivity index (χ4n) is 1.59. The van der Waals surface area contributed by atoms with Crippen LogP contribution < -0.4 is 5.32 Å². The largest absolute Gasteiger partial charge is 0.356 e. The minimum absolute atomic E-state index is 0.0249. The van der Waals surface area contributed by atoms with Crippen LogP contribution >= 0.6 is 11.8 Å². The molecule has 94 valence electrons. The predicted molar refractivity (Wildman–Crippen MR) is 73.7 cm³/mol. The number of nitrogens with one attached hydrogen (secondary N) is 1. The summed E-state index contributed by atoms with van der Waals surface area (Å²) < 4.78 is 0. The third kappa shape index (κ3) is 2.98. The minimum atomic E-state index is 0.0249. The summed E-state index contributed by atoms with van der Waals surface area (Å²) in [5, 5.41) is 3.58. The number of rotatable bonds is 4. The van der Waals surface area contributed by atoms with Gasteiger partial charge in [0.1, 0.15) is 5.03 Å². The Morgan fingerprint density at radius 2 is 1.94 bits per heavy atom. The molecule has 4 nitrogen and oxygen atoms in total. The van der Waals surface area contributed by atoms with E-state index in [4.69, 9.17) is 0 Å². The predicted octanol–water partition coefficient (Wildman–Crippen LogP) is 2.17. The van der Waals surface area contributed by atoms with Crippen molar-refractivity contribution in [1.82, 2.24) is 15.3 Å². The molecule has 1 amide bonds. The van der Waals surface area contributed by atoms with Gasteiger partial charge in [0.2, 0.25) is 5.91 Å². The summed E-state index contributed by atoms with van der Waals surface area (Å²) in [7, 11) is 0. The molecule has 0 fully saturated rings. The quantitative estimate of drug-likeness (QED) is 0.857. The van der Waals surface area contributed by atoms with Crippen LogP contribution in [0.15, 0.2) is 29.3 Å². The van der Waals surface area contributed by atoms with E-state index in [0.29, 0.717) is 12.3 Å². The van der Waals surface area contributed by atoms with E-state index in [0.717, 1.165) is 21.8 Å². The summed E-state index contributed by atoms with van der Waals surface area (Å²) in [6.45, 7) is 4.48. The summed E-state index contributed by atoms with van der Waals surface area (Å²) in [5.74, 6) is 0.402. The van der Waals surface area contributed by atoms with Crippen LogP contribution in [0, 0.1) is 6.92 Å². The van der Waals surface area contributed by atoms with Crippen molar-refractivity contribution in [3.63, 3.8) is 0 Å². The molecule has 0 bridgehead atoms. The number of hydrogen-bond acceptors (Lipinski definition) is 4. The summed E-state index contributed by atoms with van der Waals surface area (Å²) in [4.78, 5) is 20.4. The number of fused-ring (bicyclic) bond motifs is 1. The number of nitrogens with zero attached hydrogens (tertiary/aromatic N) is 2. The van der Waals surface area contributed by atoms with Gasteiger partial charge in [-0.3, -0.25) is 4.79 Å². The maximum Gasteiger partial charge on any atom is 0.230 e. The number of hydrogen-bond donors (Lipinski definition) is 1. The number of aryl methyl sites for hydroxylation is 1. The second-order valence-corrected chi connectivity index (χ2v) is 4.81. The van der Waals surface area contributed by atoms with Crippen molar-refractivity contribution in [2.75, 3.05) is 12.3 Å². The maximum atomic E-state index is 11.4. The molecule has 0 saturated heterocycles. The highest BCUT2D eigenvalue weighted by Gasteiger charge is 2.08. The van der Waals surface area contributed by atoms with E-state index in [9.17, 15) is 4.79 Å². The molecule has 2 aromatic rings. The second-order valence-electron chi connectivity index (χ2n) is 3.85. The van der Waals surface area contributed by atoms with Crippen molar-refractivity contribution in [1.29, 1.82) is 0 Å². The highest BCUT2D eigenvalue weighted by molar-refractivity contribution is 7.99. The molecule has 1 aromatic heterocycles. The Hall–Kier alpha value is -1.62. The zero-order chi connectivity index (χ0) is 13.0. The van der Waals surface area contributed by atoms with Crippen molar-refractivity contribution < 1.29 is 4.79 Å². The van der Waals surface area contributed by atoms with Crippen LogP contribution in [-0.2, 0) is 4.79 Å². The van der Waals surface area contributed by atoms with Crippen LogP contribution in [0.1, 0.15) is 12.6 Å². The second kappa shape index (κ2) is 5.82. The van der Waals surface area contributed by atoms with Gasteiger partial charge in [0.15, 0.2) is 0 Å². The van der Waals surface area contributed by atoms with Gasteiger partial charge in [-0.15, -0.1) is 0 Å². The Bertz CT molecular complexity index is 571. The molecule has 1 N–H and O–H groups in total. The fourth-order valence-corrected chi connectivity index (χ4v) is 2.38. The van der Waals surface area contributed by atoms with E-state index in [2.05, 4.69) is 15.3 Å². The lowest BCUT2D eigenvalue weighted by molar-refractivity contribution is -0.118. The molecule has 0 saturated carbocycles. The normalized spacial score (nSPS) is 10.6. The Labute approximate surface area is 110 Å². The lowest BCUT2D eigenvalue weighted by Gasteiger charge is -2.06. The van der Waals surface area contributed by atoms with Crippen LogP contribution in [-0.4, -0.2) is 28.2 Å². The number of para-hydroxylation sites is 2. The smallest absolute Gasteiger partial charge is 0.230 e. The first-order valence-corrected chi connectivity index (χ1v) is 6.82. The SMILES string of the molecule is CCNC(=O)CSc1nc2ccccc2nc1C. The molecule has 0 atom stereocenters. The van der Waals surface area contributed by atoms with Crippen LogP contribution in [0.25, 0.3) is 11.0 Å². The molecule has 0 aliphatic rings. The van der Waals surface area contributed by atoms with Crippen molar-refractivity contribution in [2.24, 2.45) is 0 Å². The summed E-state index contributed by atoms with van der Waals surface area (Å²) in [6, 6.07) is 7.74. The summed E-state index contributed by atoms with van der Waals surface area (Å²) >= 11 is 1.42. The van der Waals surface area contributed by atoms with Crippen molar-refractivity contribution in [2.45, 2.75) is 18.9 Å². The van der Waals surface area contributed by atoms with Gasteiger partial charge in [0, 0.05) is 6.54 Å². The number of carbonyl (C=O) groups excluding carboxylic acids is 1. The lowest BCUT2D eigenvalue weighted by atomic mass is 10.3. The standard InChI is InChI=1S/C13H15N3OS/c1-3-14-12(17)8-18-13-9(2)15-10-6-4-5-7-11(10)16-13/h4-7H,3,8H2,1-2H3,(H,14,17). The molecule has 2 rings (SSSR count). The number of carbonyl (C=O) groups is 1. The molecule has 0 spiro atoms. The van der Waals surface area contributed by atoms with Gasteiger partial charge in [-0.05, 0) is 26.0 Å². The van der Waals surface area contributed by atoms with E-state index in [1.54, 1.807) is 0 Å². The van der Waals surface area contributed by atoms with E-state index in [-0.39, 0.29) is 5.91 Å². The van der Waals surface area contributed by atoms with Crippen LogP contribution in [0.4, 0.5) is 0 Å². The summed E-state index contributed by atoms with van der Waals surface area (Å²) in [6.07, 6.45) is 0. The monoisotopic (exact) mass is 261 g/mol. The number of thioether (sulfide) groups is 1. The van der Waals surface area contributed by atoms with Crippen LogP contribution in [0.5, 0.6) is 0 Å². The first kappa shape index (κ1) is 12.8. The van der Waals surface area contributed by atoms with Crippen LogP contribution in [0.3, 0.4) is 0 Å². The molecule has 0 aliphatic heterocycles. The van der Waals surface area contributed by atoms with E-state index < -0.39 is 0 Å². The van der Waals surface area contributed by atoms with Gasteiger partial charge in [0.05, 0.1) is 22.5 Å². The first-order chi connectivity index (χ1) is 8.70. The molecule has 18 heavy (non-hydrogen) atoms. The lowest BCUT2D eigenvalue weighted by Crippen LogP contribution is -2.24. The van der Waals surface area contributed by atoms with E-state index in [1.165, 1.54) is 11.8 Å². The third-order valence-corrected chi connectivity index (χ3v) is 3.48. The number of benzene rings is 1. The Balaban J connectivity index is 2.17. The van der Waals surface area contributed by atoms with Gasteiger partial charge in [-0.25, -0.2) is 9.97 Å². The Morgan fingerprint density at radius 3 is 2.61 bits per heavy atom. The minimum Gasteiger partial charge on any atom is -0.356 e. The zero-order valence-corrected chi connectivity index (χ0v) is 11.3. The first-order valence-electron chi connectivity index (χ1n) is 5.83. The van der Waals surface area contributed by atoms with Gasteiger partial charge < -0.3 is 5.32 Å². The Morgan fingerprint density at radius 1 is 1.28 bits per heavy atom.